The monoisotopic (exact) mass is 225 g/mol. The third-order valence-corrected chi connectivity index (χ3v) is 2.45. The molecule has 0 spiro atoms. The van der Waals surface area contributed by atoms with Crippen LogP contribution in [0.3, 0.4) is 0 Å². The number of halogens is 1. The predicted molar refractivity (Wildman–Crippen MR) is 55.3 cm³/mol. The first-order valence-corrected chi connectivity index (χ1v) is 4.84. The number of morpholine rings is 1. The Balaban J connectivity index is 2.37. The number of nitrogens with one attached hydrogen (secondary N) is 1. The standard InChI is InChI=1S/C10H12FN3O2/c11-5-10(6-16-4-9(15)14-10)7-2-1-3-8(12)13-7/h1-3H,4-6H2,(H2,12,13)(H,14,15). The van der Waals surface area contributed by atoms with Gasteiger partial charge in [0.05, 0.1) is 12.3 Å². The summed E-state index contributed by atoms with van der Waals surface area (Å²) >= 11 is 0. The number of hydrogen-bond donors (Lipinski definition) is 2. The van der Waals surface area contributed by atoms with Crippen molar-refractivity contribution in [1.82, 2.24) is 10.3 Å². The van der Waals surface area contributed by atoms with Crippen molar-refractivity contribution in [2.75, 3.05) is 25.6 Å². The lowest BCUT2D eigenvalue weighted by atomic mass is 9.96. The van der Waals surface area contributed by atoms with Crippen LogP contribution in [0, 0.1) is 0 Å². The number of rotatable bonds is 2. The third-order valence-electron chi connectivity index (χ3n) is 2.45. The van der Waals surface area contributed by atoms with E-state index in [1.165, 1.54) is 0 Å². The molecule has 0 saturated carbocycles. The SMILES string of the molecule is Nc1cccc(C2(CF)COCC(=O)N2)n1. The van der Waals surface area contributed by atoms with Gasteiger partial charge in [-0.2, -0.15) is 0 Å². The van der Waals surface area contributed by atoms with Crippen LogP contribution in [-0.4, -0.2) is 30.8 Å². The van der Waals surface area contributed by atoms with Gasteiger partial charge in [-0.1, -0.05) is 6.07 Å². The Labute approximate surface area is 91.8 Å². The van der Waals surface area contributed by atoms with Crippen LogP contribution in [0.5, 0.6) is 0 Å². The zero-order valence-corrected chi connectivity index (χ0v) is 8.57. The van der Waals surface area contributed by atoms with Gasteiger partial charge in [-0.3, -0.25) is 4.79 Å². The molecule has 1 amide bonds. The molecule has 0 bridgehead atoms. The third kappa shape index (κ3) is 1.83. The summed E-state index contributed by atoms with van der Waals surface area (Å²) in [5.74, 6) is -0.0710. The van der Waals surface area contributed by atoms with Gasteiger partial charge in [0, 0.05) is 0 Å². The number of nitrogens with two attached hydrogens (primary N) is 1. The minimum Gasteiger partial charge on any atom is -0.384 e. The maximum atomic E-state index is 13.1. The molecule has 2 heterocycles. The molecule has 1 fully saturated rings. The fraction of sp³-hybridized carbons (Fsp3) is 0.400. The van der Waals surface area contributed by atoms with E-state index in [0.29, 0.717) is 5.69 Å². The van der Waals surface area contributed by atoms with E-state index in [-0.39, 0.29) is 24.9 Å². The number of aromatic nitrogens is 1. The molecule has 1 unspecified atom stereocenters. The summed E-state index contributed by atoms with van der Waals surface area (Å²) in [4.78, 5) is 15.3. The Kier molecular flexibility index (Phi) is 2.74. The lowest BCUT2D eigenvalue weighted by molar-refractivity contribution is -0.136. The maximum Gasteiger partial charge on any atom is 0.246 e. The van der Waals surface area contributed by atoms with Crippen molar-refractivity contribution in [3.8, 4) is 0 Å². The van der Waals surface area contributed by atoms with Crippen molar-refractivity contribution in [2.24, 2.45) is 0 Å². The molecule has 1 aromatic rings. The second kappa shape index (κ2) is 4.05. The van der Waals surface area contributed by atoms with E-state index in [1.807, 2.05) is 0 Å². The highest BCUT2D eigenvalue weighted by atomic mass is 19.1. The molecule has 0 aliphatic carbocycles. The molecule has 1 saturated heterocycles. The van der Waals surface area contributed by atoms with Gasteiger partial charge in [0.2, 0.25) is 5.91 Å². The fourth-order valence-corrected chi connectivity index (χ4v) is 1.65. The molecule has 16 heavy (non-hydrogen) atoms. The Morgan fingerprint density at radius 2 is 2.44 bits per heavy atom. The van der Waals surface area contributed by atoms with Gasteiger partial charge in [-0.15, -0.1) is 0 Å². The molecule has 1 aromatic heterocycles. The number of nitrogens with zero attached hydrogens (tertiary/aromatic N) is 1. The number of carbonyl (C=O) groups excluding carboxylic acids is 1. The number of nitrogen functional groups attached to an aromatic ring is 1. The summed E-state index contributed by atoms with van der Waals surface area (Å²) < 4.78 is 18.2. The summed E-state index contributed by atoms with van der Waals surface area (Å²) in [6.07, 6.45) is 0. The first-order chi connectivity index (χ1) is 7.66. The molecule has 0 aromatic carbocycles. The van der Waals surface area contributed by atoms with Crippen LogP contribution in [0.2, 0.25) is 0 Å². The van der Waals surface area contributed by atoms with Crippen LogP contribution < -0.4 is 11.1 Å². The number of hydrogen-bond acceptors (Lipinski definition) is 4. The minimum atomic E-state index is -1.20. The molecule has 0 radical (unpaired) electrons. The highest BCUT2D eigenvalue weighted by Crippen LogP contribution is 2.23. The van der Waals surface area contributed by atoms with E-state index in [4.69, 9.17) is 10.5 Å². The van der Waals surface area contributed by atoms with Crippen LogP contribution in [0.15, 0.2) is 18.2 Å². The van der Waals surface area contributed by atoms with Crippen molar-refractivity contribution in [3.63, 3.8) is 0 Å². The van der Waals surface area contributed by atoms with Gasteiger partial charge in [0.25, 0.3) is 0 Å². The fourth-order valence-electron chi connectivity index (χ4n) is 1.65. The molecule has 3 N–H and O–H groups in total. The molecular weight excluding hydrogens is 213 g/mol. The highest BCUT2D eigenvalue weighted by molar-refractivity contribution is 5.79. The molecule has 1 atom stereocenters. The summed E-state index contributed by atoms with van der Waals surface area (Å²) in [7, 11) is 0. The number of carbonyl (C=O) groups is 1. The normalized spacial score (nSPS) is 25.2. The predicted octanol–water partition coefficient (Wildman–Crippen LogP) is -0.0250. The maximum absolute atomic E-state index is 13.1. The lowest BCUT2D eigenvalue weighted by Crippen LogP contribution is -2.56. The number of pyridine rings is 1. The number of amides is 1. The van der Waals surface area contributed by atoms with Crippen molar-refractivity contribution in [2.45, 2.75) is 5.54 Å². The molecule has 2 rings (SSSR count). The highest BCUT2D eigenvalue weighted by Gasteiger charge is 2.39. The van der Waals surface area contributed by atoms with Gasteiger partial charge in [0.1, 0.15) is 24.6 Å². The van der Waals surface area contributed by atoms with E-state index < -0.39 is 12.2 Å². The molecule has 5 nitrogen and oxygen atoms in total. The van der Waals surface area contributed by atoms with E-state index >= 15 is 0 Å². The van der Waals surface area contributed by atoms with Gasteiger partial charge in [0.15, 0.2) is 0 Å². The minimum absolute atomic E-state index is 0.0515. The van der Waals surface area contributed by atoms with Gasteiger partial charge in [-0.25, -0.2) is 9.37 Å². The number of alkyl halides is 1. The Morgan fingerprint density at radius 1 is 1.62 bits per heavy atom. The van der Waals surface area contributed by atoms with Gasteiger partial charge in [-0.05, 0) is 12.1 Å². The Hall–Kier alpha value is -1.69. The van der Waals surface area contributed by atoms with E-state index in [1.54, 1.807) is 18.2 Å². The molecular formula is C10H12FN3O2. The summed E-state index contributed by atoms with van der Waals surface area (Å²) in [6.45, 7) is -0.773. The first-order valence-electron chi connectivity index (χ1n) is 4.84. The van der Waals surface area contributed by atoms with Gasteiger partial charge < -0.3 is 15.8 Å². The van der Waals surface area contributed by atoms with Crippen molar-refractivity contribution >= 4 is 11.7 Å². The van der Waals surface area contributed by atoms with E-state index in [0.717, 1.165) is 0 Å². The first kappa shape index (κ1) is 10.8. The van der Waals surface area contributed by atoms with Gasteiger partial charge >= 0.3 is 0 Å². The smallest absolute Gasteiger partial charge is 0.246 e. The van der Waals surface area contributed by atoms with E-state index in [2.05, 4.69) is 10.3 Å². The molecule has 1 aliphatic rings. The molecule has 6 heteroatoms. The second-order valence-electron chi connectivity index (χ2n) is 3.70. The summed E-state index contributed by atoms with van der Waals surface area (Å²) in [5.41, 5.74) is 4.70. The molecule has 86 valence electrons. The average Bonchev–Trinajstić information content (AvgIpc) is 2.29. The zero-order chi connectivity index (χ0) is 11.6. The van der Waals surface area contributed by atoms with Crippen LogP contribution in [-0.2, 0) is 15.1 Å². The number of anilines is 1. The van der Waals surface area contributed by atoms with Crippen molar-refractivity contribution in [1.29, 1.82) is 0 Å². The topological polar surface area (TPSA) is 77.2 Å². The van der Waals surface area contributed by atoms with Crippen LogP contribution in [0.4, 0.5) is 10.2 Å². The van der Waals surface area contributed by atoms with Crippen LogP contribution >= 0.6 is 0 Å². The van der Waals surface area contributed by atoms with E-state index in [9.17, 15) is 9.18 Å². The van der Waals surface area contributed by atoms with Crippen molar-refractivity contribution < 1.29 is 13.9 Å². The summed E-state index contributed by atoms with van der Waals surface area (Å²) in [5, 5.41) is 2.57. The lowest BCUT2D eigenvalue weighted by Gasteiger charge is -2.34. The number of ether oxygens (including phenoxy) is 1. The van der Waals surface area contributed by atoms with Crippen molar-refractivity contribution in [3.05, 3.63) is 23.9 Å². The Bertz CT molecular complexity index is 413. The van der Waals surface area contributed by atoms with Crippen LogP contribution in [0.1, 0.15) is 5.69 Å². The summed E-state index contributed by atoms with van der Waals surface area (Å²) in [6, 6.07) is 4.88. The average molecular weight is 225 g/mol. The largest absolute Gasteiger partial charge is 0.384 e. The quantitative estimate of drug-likeness (QED) is 0.741. The van der Waals surface area contributed by atoms with Crippen LogP contribution in [0.25, 0.3) is 0 Å². The second-order valence-corrected chi connectivity index (χ2v) is 3.70. The zero-order valence-electron chi connectivity index (χ0n) is 8.57. The Morgan fingerprint density at radius 3 is 3.06 bits per heavy atom. The molecule has 1 aliphatic heterocycles.